The van der Waals surface area contributed by atoms with Gasteiger partial charge in [-0.15, -0.1) is 0 Å². The number of aryl methyl sites for hydroxylation is 4. The third-order valence-corrected chi connectivity index (χ3v) is 7.72. The van der Waals surface area contributed by atoms with E-state index in [1.54, 1.807) is 0 Å². The molecule has 7 rings (SSSR count). The second kappa shape index (κ2) is 7.89. The summed E-state index contributed by atoms with van der Waals surface area (Å²) in [6, 6.07) is 15.4. The van der Waals surface area contributed by atoms with Gasteiger partial charge in [0.25, 0.3) is 0 Å². The van der Waals surface area contributed by atoms with E-state index in [0.29, 0.717) is 34.3 Å². The molecular formula is C30H26N4O4. The van der Waals surface area contributed by atoms with Crippen LogP contribution in [0.2, 0.25) is 0 Å². The first-order valence-corrected chi connectivity index (χ1v) is 12.6. The Morgan fingerprint density at radius 1 is 0.526 bits per heavy atom. The first-order chi connectivity index (χ1) is 18.3. The smallest absolute Gasteiger partial charge is 0.229 e. The molecule has 8 heteroatoms. The van der Waals surface area contributed by atoms with Crippen LogP contribution in [0, 0.1) is 27.7 Å². The third-order valence-electron chi connectivity index (χ3n) is 7.72. The number of hydrogen-bond acceptors (Lipinski definition) is 8. The molecule has 0 amide bonds. The van der Waals surface area contributed by atoms with Crippen molar-refractivity contribution in [3.63, 3.8) is 0 Å². The van der Waals surface area contributed by atoms with Gasteiger partial charge in [0.05, 0.1) is 22.7 Å². The highest BCUT2D eigenvalue weighted by atomic mass is 16.5. The van der Waals surface area contributed by atoms with Gasteiger partial charge in [-0.05, 0) is 74.2 Å². The zero-order chi connectivity index (χ0) is 26.3. The van der Waals surface area contributed by atoms with E-state index in [2.05, 4.69) is 21.3 Å². The number of nitrogens with one attached hydrogen (secondary N) is 4. The molecule has 0 aromatic heterocycles. The maximum Gasteiger partial charge on any atom is 0.229 e. The summed E-state index contributed by atoms with van der Waals surface area (Å²) in [5.41, 5.74) is 10.3. The highest BCUT2D eigenvalue weighted by Gasteiger charge is 2.41. The van der Waals surface area contributed by atoms with Gasteiger partial charge in [0.2, 0.25) is 23.3 Å². The summed E-state index contributed by atoms with van der Waals surface area (Å²) in [5, 5.41) is 13.0. The van der Waals surface area contributed by atoms with Crippen molar-refractivity contribution in [3.05, 3.63) is 105 Å². The van der Waals surface area contributed by atoms with Gasteiger partial charge in [0, 0.05) is 11.1 Å². The predicted octanol–water partition coefficient (Wildman–Crippen LogP) is 5.61. The van der Waals surface area contributed by atoms with Crippen molar-refractivity contribution >= 4 is 34.3 Å². The number of fused-ring (bicyclic) bond motifs is 2. The fraction of sp³-hybridized carbons (Fsp3) is 0.200. The van der Waals surface area contributed by atoms with Crippen LogP contribution in [0.25, 0.3) is 0 Å². The van der Waals surface area contributed by atoms with E-state index in [-0.39, 0.29) is 11.6 Å². The van der Waals surface area contributed by atoms with Crippen LogP contribution < -0.4 is 21.3 Å². The first kappa shape index (κ1) is 22.5. The number of ketones is 2. The number of Topliss-reactive ketones (excluding diaryl/α,β-unsaturated/α-hetero) is 2. The van der Waals surface area contributed by atoms with Gasteiger partial charge in [0.1, 0.15) is 11.4 Å². The molecule has 0 unspecified atom stereocenters. The minimum atomic E-state index is -0.776. The van der Waals surface area contributed by atoms with Crippen LogP contribution in [0.3, 0.4) is 0 Å². The molecule has 0 aliphatic carbocycles. The minimum Gasteiger partial charge on any atom is -0.461 e. The fourth-order valence-corrected chi connectivity index (χ4v) is 5.21. The van der Waals surface area contributed by atoms with Crippen molar-refractivity contribution in [3.8, 4) is 0 Å². The number of rotatable bonds is 2. The molecule has 0 fully saturated rings. The summed E-state index contributed by atoms with van der Waals surface area (Å²) in [7, 11) is 0. The summed E-state index contributed by atoms with van der Waals surface area (Å²) in [4.78, 5) is 26.5. The normalized spacial score (nSPS) is 20.7. The van der Waals surface area contributed by atoms with Gasteiger partial charge < -0.3 is 30.7 Å². The fourth-order valence-electron chi connectivity index (χ4n) is 5.21. The molecule has 0 spiro atoms. The van der Waals surface area contributed by atoms with Crippen LogP contribution in [-0.2, 0) is 19.1 Å². The van der Waals surface area contributed by atoms with Crippen LogP contribution in [0.1, 0.15) is 45.6 Å². The lowest BCUT2D eigenvalue weighted by molar-refractivity contribution is -0.122. The molecule has 3 aromatic rings. The van der Waals surface area contributed by atoms with Gasteiger partial charge in [-0.1, -0.05) is 24.3 Å². The van der Waals surface area contributed by atoms with Gasteiger partial charge >= 0.3 is 0 Å². The summed E-state index contributed by atoms with van der Waals surface area (Å²) in [5.74, 6) is 0.554. The van der Waals surface area contributed by atoms with E-state index in [1.807, 2.05) is 76.2 Å². The summed E-state index contributed by atoms with van der Waals surface area (Å²) in [6.45, 7) is 8.17. The second-order valence-electron chi connectivity index (χ2n) is 10.3. The minimum absolute atomic E-state index is 0.147. The monoisotopic (exact) mass is 506 g/mol. The predicted molar refractivity (Wildman–Crippen MR) is 144 cm³/mol. The van der Waals surface area contributed by atoms with Crippen LogP contribution in [0.5, 0.6) is 0 Å². The van der Waals surface area contributed by atoms with Crippen molar-refractivity contribution < 1.29 is 19.1 Å². The molecule has 0 saturated heterocycles. The van der Waals surface area contributed by atoms with Crippen LogP contribution in [-0.4, -0.2) is 11.6 Å². The lowest BCUT2D eigenvalue weighted by atomic mass is 9.99. The van der Waals surface area contributed by atoms with Crippen molar-refractivity contribution in [2.24, 2.45) is 0 Å². The topological polar surface area (TPSA) is 101 Å². The second-order valence-corrected chi connectivity index (χ2v) is 10.3. The zero-order valence-electron chi connectivity index (χ0n) is 21.4. The van der Waals surface area contributed by atoms with Gasteiger partial charge in [0.15, 0.2) is 12.2 Å². The average Bonchev–Trinajstić information content (AvgIpc) is 3.39. The molecule has 4 aliphatic heterocycles. The van der Waals surface area contributed by atoms with Gasteiger partial charge in [-0.2, -0.15) is 0 Å². The Morgan fingerprint density at radius 3 is 1.18 bits per heavy atom. The molecule has 8 nitrogen and oxygen atoms in total. The SMILES string of the molecule is Cc1cc2c(cc1C)NC1=C(N2)O[C@H](c2ccc([C@H]3OC4=C(Nc5cc(C)c(C)cc5N4)C3=O)cc2)C1=O. The van der Waals surface area contributed by atoms with E-state index in [4.69, 9.17) is 9.47 Å². The van der Waals surface area contributed by atoms with E-state index >= 15 is 0 Å². The molecule has 4 N–H and O–H groups in total. The molecule has 190 valence electrons. The van der Waals surface area contributed by atoms with Crippen molar-refractivity contribution in [1.29, 1.82) is 0 Å². The molecule has 0 bridgehead atoms. The number of ether oxygens (including phenoxy) is 2. The van der Waals surface area contributed by atoms with E-state index < -0.39 is 12.2 Å². The first-order valence-electron chi connectivity index (χ1n) is 12.6. The molecule has 4 heterocycles. The molecular weight excluding hydrogens is 480 g/mol. The third kappa shape index (κ3) is 3.30. The zero-order valence-corrected chi connectivity index (χ0v) is 21.4. The van der Waals surface area contributed by atoms with E-state index in [9.17, 15) is 9.59 Å². The summed E-state index contributed by atoms with van der Waals surface area (Å²) < 4.78 is 12.1. The maximum absolute atomic E-state index is 13.2. The van der Waals surface area contributed by atoms with Crippen molar-refractivity contribution in [1.82, 2.24) is 0 Å². The molecule has 38 heavy (non-hydrogen) atoms. The summed E-state index contributed by atoms with van der Waals surface area (Å²) >= 11 is 0. The average molecular weight is 507 g/mol. The molecule has 2 atom stereocenters. The highest BCUT2D eigenvalue weighted by molar-refractivity contribution is 6.07. The standard InChI is InChI=1S/C30H26N4O4/c1-13-9-19-21(11-15(13)3)33-29-23(31-19)25(35)27(37-29)17-5-7-18(8-6-17)28-26(36)24-30(38-28)34-22-12-16(4)14(2)10-20(22)32-24/h5-12,27-28,31-34H,1-4H3/t27-,28-/m1/s1. The highest BCUT2D eigenvalue weighted by Crippen LogP contribution is 2.43. The number of carbonyl (C=O) groups excluding carboxylic acids is 2. The molecule has 0 radical (unpaired) electrons. The Bertz CT molecular complexity index is 1530. The molecule has 3 aromatic carbocycles. The lowest BCUT2D eigenvalue weighted by Crippen LogP contribution is -2.18. The van der Waals surface area contributed by atoms with Gasteiger partial charge in [-0.3, -0.25) is 9.59 Å². The quantitative estimate of drug-likeness (QED) is 0.356. The number of carbonyl (C=O) groups is 2. The number of hydrogen-bond donors (Lipinski definition) is 4. The number of benzene rings is 3. The Morgan fingerprint density at radius 2 is 0.842 bits per heavy atom. The van der Waals surface area contributed by atoms with Crippen LogP contribution >= 0.6 is 0 Å². The Balaban J connectivity index is 1.08. The van der Waals surface area contributed by atoms with Gasteiger partial charge in [-0.25, -0.2) is 0 Å². The molecule has 4 aliphatic rings. The van der Waals surface area contributed by atoms with Crippen molar-refractivity contribution in [2.45, 2.75) is 39.9 Å². The maximum atomic E-state index is 13.2. The van der Waals surface area contributed by atoms with E-state index in [0.717, 1.165) is 45.0 Å². The van der Waals surface area contributed by atoms with Crippen LogP contribution in [0.15, 0.2) is 71.7 Å². The largest absolute Gasteiger partial charge is 0.461 e. The Hall–Kier alpha value is -4.72. The van der Waals surface area contributed by atoms with Crippen LogP contribution in [0.4, 0.5) is 22.7 Å². The van der Waals surface area contributed by atoms with E-state index in [1.165, 1.54) is 0 Å². The Kier molecular flexibility index (Phi) is 4.67. The molecule has 0 saturated carbocycles. The summed E-state index contributed by atoms with van der Waals surface area (Å²) in [6.07, 6.45) is -1.55. The van der Waals surface area contributed by atoms with Crippen molar-refractivity contribution in [2.75, 3.05) is 21.3 Å². The lowest BCUT2D eigenvalue weighted by Gasteiger charge is -2.21. The number of anilines is 4. The Labute approximate surface area is 219 Å².